The number of rotatable bonds is 57. The number of allylic oxidation sites excluding steroid dienone is 14. The number of aliphatic carboxylic acids is 1. The SMILES string of the molecule is CC/C=C\C/C=C\C/C=C\C/C=C\CCCCCCCCC(=O)OCC(COC1OC(C(=O)O)C(O)C(O)C1OC(=O)CCCCCCCCC/C=C\C/C=C\CCCCC)OC(=O)CCCCCCCCC/C=C\CCCCCCCC. The van der Waals surface area contributed by atoms with Crippen LogP contribution in [0.3, 0.4) is 0 Å². The zero-order valence-electron chi connectivity index (χ0n) is 52.7. The van der Waals surface area contributed by atoms with Crippen LogP contribution in [0.5, 0.6) is 0 Å². The van der Waals surface area contributed by atoms with Crippen molar-refractivity contribution in [2.24, 2.45) is 0 Å². The first kappa shape index (κ1) is 76.9. The summed E-state index contributed by atoms with van der Waals surface area (Å²) >= 11 is 0. The molecule has 0 saturated carbocycles. The van der Waals surface area contributed by atoms with E-state index in [9.17, 15) is 34.5 Å². The molecule has 0 radical (unpaired) electrons. The first-order valence-electron chi connectivity index (χ1n) is 33.6. The highest BCUT2D eigenvalue weighted by molar-refractivity contribution is 5.74. The van der Waals surface area contributed by atoms with Gasteiger partial charge in [0.25, 0.3) is 0 Å². The van der Waals surface area contributed by atoms with Crippen molar-refractivity contribution >= 4 is 23.9 Å². The van der Waals surface area contributed by atoms with Gasteiger partial charge in [-0.1, -0.05) is 241 Å². The number of esters is 3. The maximum absolute atomic E-state index is 13.2. The van der Waals surface area contributed by atoms with E-state index < -0.39 is 67.3 Å². The second-order valence-electron chi connectivity index (χ2n) is 22.7. The van der Waals surface area contributed by atoms with Crippen molar-refractivity contribution in [2.45, 2.75) is 327 Å². The van der Waals surface area contributed by atoms with Crippen molar-refractivity contribution in [3.63, 3.8) is 0 Å². The molecule has 1 heterocycles. The average molecular weight is 1170 g/mol. The Morgan fingerprint density at radius 2 is 0.759 bits per heavy atom. The molecule has 3 N–H and O–H groups in total. The van der Waals surface area contributed by atoms with Gasteiger partial charge in [0.2, 0.25) is 0 Å². The third kappa shape index (κ3) is 47.8. The van der Waals surface area contributed by atoms with E-state index >= 15 is 0 Å². The predicted octanol–water partition coefficient (Wildman–Crippen LogP) is 18.2. The van der Waals surface area contributed by atoms with Gasteiger partial charge in [0.15, 0.2) is 24.6 Å². The Kier molecular flexibility index (Phi) is 54.0. The summed E-state index contributed by atoms with van der Waals surface area (Å²) in [6, 6.07) is 0. The molecule has 0 spiro atoms. The molecule has 0 amide bonds. The summed E-state index contributed by atoms with van der Waals surface area (Å²) in [5.41, 5.74) is 0. The maximum atomic E-state index is 13.2. The lowest BCUT2D eigenvalue weighted by Gasteiger charge is -2.40. The molecule has 0 aromatic heterocycles. The fourth-order valence-electron chi connectivity index (χ4n) is 9.80. The Hall–Kier alpha value is -4.10. The van der Waals surface area contributed by atoms with Gasteiger partial charge in [-0.15, -0.1) is 0 Å². The fraction of sp³-hybridized carbons (Fsp3) is 0.746. The second-order valence-corrected chi connectivity index (χ2v) is 22.7. The number of aliphatic hydroxyl groups is 2. The van der Waals surface area contributed by atoms with Crippen LogP contribution >= 0.6 is 0 Å². The van der Waals surface area contributed by atoms with Gasteiger partial charge in [-0.05, 0) is 116 Å². The Balaban J connectivity index is 2.67. The Bertz CT molecular complexity index is 1760. The smallest absolute Gasteiger partial charge is 0.335 e. The summed E-state index contributed by atoms with van der Waals surface area (Å²) in [7, 11) is 0. The van der Waals surface area contributed by atoms with Crippen LogP contribution in [0.15, 0.2) is 85.1 Å². The number of carboxylic acid groups (broad SMARTS) is 1. The van der Waals surface area contributed by atoms with E-state index in [2.05, 4.69) is 106 Å². The first-order valence-corrected chi connectivity index (χ1v) is 33.6. The van der Waals surface area contributed by atoms with Crippen LogP contribution in [0.1, 0.15) is 290 Å². The van der Waals surface area contributed by atoms with Crippen molar-refractivity contribution in [1.82, 2.24) is 0 Å². The number of hydrogen-bond acceptors (Lipinski definition) is 11. The second kappa shape index (κ2) is 58.3. The third-order valence-corrected chi connectivity index (χ3v) is 14.9. The van der Waals surface area contributed by atoms with Gasteiger partial charge in [0, 0.05) is 19.3 Å². The topological polar surface area (TPSA) is 175 Å². The molecule has 0 bridgehead atoms. The minimum atomic E-state index is -1.91. The van der Waals surface area contributed by atoms with Crippen LogP contribution in [-0.2, 0) is 42.9 Å². The van der Waals surface area contributed by atoms with Crippen molar-refractivity contribution < 1.29 is 58.2 Å². The molecular weight excluding hydrogens is 1040 g/mol. The van der Waals surface area contributed by atoms with Crippen LogP contribution in [0.4, 0.5) is 0 Å². The lowest BCUT2D eigenvalue weighted by Crippen LogP contribution is -2.61. The molecule has 1 aliphatic rings. The van der Waals surface area contributed by atoms with E-state index in [1.807, 2.05) is 0 Å². The zero-order chi connectivity index (χ0) is 60.3. The number of aliphatic hydroxyl groups excluding tert-OH is 2. The summed E-state index contributed by atoms with van der Waals surface area (Å²) < 4.78 is 28.6. The van der Waals surface area contributed by atoms with Gasteiger partial charge >= 0.3 is 23.9 Å². The molecule has 6 unspecified atom stereocenters. The molecule has 83 heavy (non-hydrogen) atoms. The summed E-state index contributed by atoms with van der Waals surface area (Å²) in [4.78, 5) is 51.4. The van der Waals surface area contributed by atoms with Gasteiger partial charge in [-0.3, -0.25) is 14.4 Å². The molecule has 1 fully saturated rings. The standard InChI is InChI=1S/C71H120O12/c1-4-7-10-13-16-19-22-25-28-31-32-35-36-39-42-45-48-51-54-57-63(72)79-60-62(81-64(73)58-55-52-49-46-43-40-37-33-29-26-23-20-17-14-11-8-5-2)61-80-71-69(67(76)66(75)68(83-71)70(77)78)82-65(74)59-56-53-50-47-44-41-38-34-30-27-24-21-18-15-12-9-6-3/h7,10,16,18-19,21,25-30,32,35,62,66-69,71,75-76H,4-6,8-9,11-15,17,20,22-24,31,33-34,36-61H2,1-3H3,(H,77,78)/b10-7-,19-16-,21-18-,28-25-,29-26-,30-27-,35-32-. The summed E-state index contributed by atoms with van der Waals surface area (Å²) in [6.07, 6.45) is 63.8. The number of carboxylic acids is 1. The lowest BCUT2D eigenvalue weighted by molar-refractivity contribution is -0.301. The van der Waals surface area contributed by atoms with Crippen LogP contribution in [-0.4, -0.2) is 89.2 Å². The molecule has 476 valence electrons. The number of ether oxygens (including phenoxy) is 5. The summed E-state index contributed by atoms with van der Waals surface area (Å²) in [5, 5.41) is 31.6. The minimum Gasteiger partial charge on any atom is -0.479 e. The van der Waals surface area contributed by atoms with Crippen molar-refractivity contribution in [2.75, 3.05) is 13.2 Å². The summed E-state index contributed by atoms with van der Waals surface area (Å²) in [6.45, 7) is 5.87. The molecule has 0 aromatic carbocycles. The van der Waals surface area contributed by atoms with Crippen LogP contribution in [0.25, 0.3) is 0 Å². The number of hydrogen-bond donors (Lipinski definition) is 3. The quantitative estimate of drug-likeness (QED) is 0.0228. The Labute approximate surface area is 505 Å². The normalized spacial score (nSPS) is 18.1. The lowest BCUT2D eigenvalue weighted by atomic mass is 9.98. The van der Waals surface area contributed by atoms with Crippen LogP contribution in [0, 0.1) is 0 Å². The molecule has 1 aliphatic heterocycles. The first-order chi connectivity index (χ1) is 40.6. The van der Waals surface area contributed by atoms with Gasteiger partial charge in [0.05, 0.1) is 6.61 Å². The average Bonchev–Trinajstić information content (AvgIpc) is 3.59. The third-order valence-electron chi connectivity index (χ3n) is 14.9. The largest absolute Gasteiger partial charge is 0.479 e. The van der Waals surface area contributed by atoms with Crippen LogP contribution < -0.4 is 0 Å². The van der Waals surface area contributed by atoms with E-state index in [1.54, 1.807) is 0 Å². The molecule has 12 heteroatoms. The molecule has 0 aliphatic carbocycles. The molecule has 1 saturated heterocycles. The molecule has 12 nitrogen and oxygen atoms in total. The van der Waals surface area contributed by atoms with Gasteiger partial charge in [0.1, 0.15) is 18.8 Å². The van der Waals surface area contributed by atoms with Crippen LogP contribution in [0.2, 0.25) is 0 Å². The monoisotopic (exact) mass is 1160 g/mol. The van der Waals surface area contributed by atoms with E-state index in [4.69, 9.17) is 23.7 Å². The molecule has 6 atom stereocenters. The number of carbonyl (C=O) groups excluding carboxylic acids is 3. The fourth-order valence-corrected chi connectivity index (χ4v) is 9.80. The van der Waals surface area contributed by atoms with Crippen molar-refractivity contribution in [3.05, 3.63) is 85.1 Å². The maximum Gasteiger partial charge on any atom is 0.335 e. The van der Waals surface area contributed by atoms with E-state index in [1.165, 1.54) is 77.0 Å². The highest BCUT2D eigenvalue weighted by Crippen LogP contribution is 2.27. The van der Waals surface area contributed by atoms with Crippen molar-refractivity contribution in [3.8, 4) is 0 Å². The Morgan fingerprint density at radius 1 is 0.410 bits per heavy atom. The summed E-state index contributed by atoms with van der Waals surface area (Å²) in [5.74, 6) is -3.14. The Morgan fingerprint density at radius 3 is 1.19 bits per heavy atom. The minimum absolute atomic E-state index is 0.0477. The van der Waals surface area contributed by atoms with Gasteiger partial charge < -0.3 is 39.0 Å². The molecule has 0 aromatic rings. The van der Waals surface area contributed by atoms with Crippen molar-refractivity contribution in [1.29, 1.82) is 0 Å². The van der Waals surface area contributed by atoms with Gasteiger partial charge in [-0.25, -0.2) is 4.79 Å². The molecule has 1 rings (SSSR count). The van der Waals surface area contributed by atoms with E-state index in [0.717, 1.165) is 154 Å². The van der Waals surface area contributed by atoms with E-state index in [0.29, 0.717) is 19.3 Å². The zero-order valence-corrected chi connectivity index (χ0v) is 52.7. The van der Waals surface area contributed by atoms with Gasteiger partial charge in [-0.2, -0.15) is 0 Å². The number of unbranched alkanes of at least 4 members (excludes halogenated alkanes) is 29. The molecular formula is C71H120O12. The van der Waals surface area contributed by atoms with E-state index in [-0.39, 0.29) is 25.9 Å². The highest BCUT2D eigenvalue weighted by Gasteiger charge is 2.50. The highest BCUT2D eigenvalue weighted by atomic mass is 16.7. The predicted molar refractivity (Wildman–Crippen MR) is 340 cm³/mol. The number of carbonyl (C=O) groups is 4.